The summed E-state index contributed by atoms with van der Waals surface area (Å²) < 4.78 is 6.92. The minimum atomic E-state index is 0.596. The lowest BCUT2D eigenvalue weighted by atomic mass is 10.1. The predicted octanol–water partition coefficient (Wildman–Crippen LogP) is 3.96. The molecule has 0 bridgehead atoms. The standard InChI is InChI=1S/C14H16BrN3OS/c1-8-5-11(6-9(2)13(8)15)19-14-18-17-12(20-14)7-16-10-3-4-10/h5-6,10,16H,3-4,7H2,1-2H3. The van der Waals surface area contributed by atoms with Crippen LogP contribution in [0.5, 0.6) is 10.9 Å². The molecule has 0 atom stereocenters. The van der Waals surface area contributed by atoms with E-state index in [2.05, 4.69) is 45.3 Å². The van der Waals surface area contributed by atoms with Crippen LogP contribution in [0.4, 0.5) is 0 Å². The highest BCUT2D eigenvalue weighted by atomic mass is 79.9. The first kappa shape index (κ1) is 14.0. The second-order valence-electron chi connectivity index (χ2n) is 5.09. The van der Waals surface area contributed by atoms with Crippen molar-refractivity contribution in [2.24, 2.45) is 0 Å². The Morgan fingerprint density at radius 3 is 2.65 bits per heavy atom. The first-order chi connectivity index (χ1) is 9.61. The van der Waals surface area contributed by atoms with Gasteiger partial charge in [0.15, 0.2) is 0 Å². The summed E-state index contributed by atoms with van der Waals surface area (Å²) in [4.78, 5) is 0. The minimum absolute atomic E-state index is 0.596. The maximum atomic E-state index is 5.79. The normalized spacial score (nSPS) is 14.6. The van der Waals surface area contributed by atoms with E-state index in [-0.39, 0.29) is 0 Å². The number of halogens is 1. The lowest BCUT2D eigenvalue weighted by molar-refractivity contribution is 0.472. The number of rotatable bonds is 5. The van der Waals surface area contributed by atoms with Crippen LogP contribution in [0.1, 0.15) is 29.0 Å². The molecular weight excluding hydrogens is 338 g/mol. The number of benzene rings is 1. The molecule has 0 aliphatic heterocycles. The van der Waals surface area contributed by atoms with E-state index < -0.39 is 0 Å². The van der Waals surface area contributed by atoms with Crippen molar-refractivity contribution in [3.8, 4) is 10.9 Å². The average molecular weight is 354 g/mol. The van der Waals surface area contributed by atoms with Gasteiger partial charge >= 0.3 is 0 Å². The monoisotopic (exact) mass is 353 g/mol. The molecule has 1 heterocycles. The highest BCUT2D eigenvalue weighted by molar-refractivity contribution is 9.10. The summed E-state index contributed by atoms with van der Waals surface area (Å²) in [6.45, 7) is 4.88. The molecule has 1 fully saturated rings. The summed E-state index contributed by atoms with van der Waals surface area (Å²) in [5.41, 5.74) is 2.31. The molecule has 0 spiro atoms. The molecule has 106 valence electrons. The maximum Gasteiger partial charge on any atom is 0.299 e. The lowest BCUT2D eigenvalue weighted by Gasteiger charge is -2.07. The second-order valence-corrected chi connectivity index (χ2v) is 6.91. The van der Waals surface area contributed by atoms with Crippen LogP contribution in [0.3, 0.4) is 0 Å². The number of ether oxygens (including phenoxy) is 1. The Morgan fingerprint density at radius 2 is 2.00 bits per heavy atom. The fraction of sp³-hybridized carbons (Fsp3) is 0.429. The largest absolute Gasteiger partial charge is 0.430 e. The lowest BCUT2D eigenvalue weighted by Crippen LogP contribution is -2.14. The van der Waals surface area contributed by atoms with Crippen molar-refractivity contribution >= 4 is 27.3 Å². The topological polar surface area (TPSA) is 47.0 Å². The van der Waals surface area contributed by atoms with Crippen LogP contribution in [0.2, 0.25) is 0 Å². The van der Waals surface area contributed by atoms with Gasteiger partial charge in [0, 0.05) is 10.5 Å². The van der Waals surface area contributed by atoms with Crippen molar-refractivity contribution in [3.05, 3.63) is 32.7 Å². The first-order valence-corrected chi connectivity index (χ1v) is 8.23. The molecule has 3 rings (SSSR count). The van der Waals surface area contributed by atoms with E-state index in [0.717, 1.165) is 32.9 Å². The summed E-state index contributed by atoms with van der Waals surface area (Å²) in [5.74, 6) is 0.807. The average Bonchev–Trinajstić information content (AvgIpc) is 3.14. The molecule has 0 saturated heterocycles. The number of hydrogen-bond acceptors (Lipinski definition) is 5. The van der Waals surface area contributed by atoms with Gasteiger partial charge in [-0.25, -0.2) is 0 Å². The molecule has 2 aromatic rings. The Kier molecular flexibility index (Phi) is 4.05. The van der Waals surface area contributed by atoms with E-state index in [9.17, 15) is 0 Å². The molecule has 0 unspecified atom stereocenters. The fourth-order valence-corrected chi connectivity index (χ4v) is 2.82. The van der Waals surface area contributed by atoms with Gasteiger partial charge in [-0.15, -0.1) is 5.10 Å². The zero-order valence-electron chi connectivity index (χ0n) is 11.4. The number of nitrogens with zero attached hydrogens (tertiary/aromatic N) is 2. The number of aryl methyl sites for hydroxylation is 2. The van der Waals surface area contributed by atoms with Crippen LogP contribution in [0.15, 0.2) is 16.6 Å². The van der Waals surface area contributed by atoms with E-state index in [1.165, 1.54) is 24.2 Å². The van der Waals surface area contributed by atoms with Crippen molar-refractivity contribution in [3.63, 3.8) is 0 Å². The molecule has 1 N–H and O–H groups in total. The molecule has 0 amide bonds. The van der Waals surface area contributed by atoms with Gasteiger partial charge in [0.1, 0.15) is 10.8 Å². The Morgan fingerprint density at radius 1 is 1.30 bits per heavy atom. The smallest absolute Gasteiger partial charge is 0.299 e. The summed E-state index contributed by atoms with van der Waals surface area (Å²) in [6.07, 6.45) is 2.55. The molecular formula is C14H16BrN3OS. The van der Waals surface area contributed by atoms with Crippen LogP contribution >= 0.6 is 27.3 Å². The van der Waals surface area contributed by atoms with Crippen LogP contribution in [-0.4, -0.2) is 16.2 Å². The van der Waals surface area contributed by atoms with Crippen molar-refractivity contribution < 1.29 is 4.74 Å². The van der Waals surface area contributed by atoms with Crippen LogP contribution < -0.4 is 10.1 Å². The Bertz CT molecular complexity index is 602. The van der Waals surface area contributed by atoms with Crippen molar-refractivity contribution in [2.75, 3.05) is 0 Å². The van der Waals surface area contributed by atoms with Gasteiger partial charge in [-0.1, -0.05) is 32.4 Å². The van der Waals surface area contributed by atoms with E-state index in [4.69, 9.17) is 4.74 Å². The molecule has 1 aliphatic rings. The van der Waals surface area contributed by atoms with Gasteiger partial charge < -0.3 is 10.1 Å². The van der Waals surface area contributed by atoms with Crippen molar-refractivity contribution in [2.45, 2.75) is 39.3 Å². The highest BCUT2D eigenvalue weighted by Crippen LogP contribution is 2.31. The zero-order valence-corrected chi connectivity index (χ0v) is 13.8. The SMILES string of the molecule is Cc1cc(Oc2nnc(CNC3CC3)s2)cc(C)c1Br. The van der Waals surface area contributed by atoms with E-state index in [1.54, 1.807) is 0 Å². The van der Waals surface area contributed by atoms with Gasteiger partial charge in [-0.05, 0) is 49.9 Å². The van der Waals surface area contributed by atoms with E-state index in [1.807, 2.05) is 12.1 Å². The number of aromatic nitrogens is 2. The Labute approximate surface area is 130 Å². The summed E-state index contributed by atoms with van der Waals surface area (Å²) >= 11 is 5.05. The third-order valence-corrected chi connectivity index (χ3v) is 5.23. The highest BCUT2D eigenvalue weighted by Gasteiger charge is 2.20. The molecule has 4 nitrogen and oxygen atoms in total. The molecule has 0 radical (unpaired) electrons. The third kappa shape index (κ3) is 3.37. The van der Waals surface area contributed by atoms with Crippen LogP contribution in [0.25, 0.3) is 0 Å². The quantitative estimate of drug-likeness (QED) is 0.883. The Hall–Kier alpha value is -0.980. The zero-order chi connectivity index (χ0) is 14.1. The van der Waals surface area contributed by atoms with Gasteiger partial charge in [0.25, 0.3) is 5.19 Å². The summed E-state index contributed by atoms with van der Waals surface area (Å²) in [7, 11) is 0. The van der Waals surface area contributed by atoms with Gasteiger partial charge in [0.05, 0.1) is 6.54 Å². The van der Waals surface area contributed by atoms with Crippen LogP contribution in [-0.2, 0) is 6.54 Å². The number of hydrogen-bond donors (Lipinski definition) is 1. The van der Waals surface area contributed by atoms with E-state index >= 15 is 0 Å². The molecule has 1 saturated carbocycles. The number of nitrogens with one attached hydrogen (secondary N) is 1. The molecule has 1 aromatic heterocycles. The van der Waals surface area contributed by atoms with Gasteiger partial charge in [-0.3, -0.25) is 0 Å². The maximum absolute atomic E-state index is 5.79. The van der Waals surface area contributed by atoms with Crippen LogP contribution in [0, 0.1) is 13.8 Å². The summed E-state index contributed by atoms with van der Waals surface area (Å²) in [5, 5.41) is 13.2. The predicted molar refractivity (Wildman–Crippen MR) is 83.5 cm³/mol. The Balaban J connectivity index is 1.67. The minimum Gasteiger partial charge on any atom is -0.430 e. The fourth-order valence-electron chi connectivity index (χ4n) is 1.94. The van der Waals surface area contributed by atoms with Crippen molar-refractivity contribution in [1.82, 2.24) is 15.5 Å². The summed E-state index contributed by atoms with van der Waals surface area (Å²) in [6, 6.07) is 4.68. The third-order valence-electron chi connectivity index (χ3n) is 3.18. The molecule has 20 heavy (non-hydrogen) atoms. The van der Waals surface area contributed by atoms with Gasteiger partial charge in [-0.2, -0.15) is 0 Å². The van der Waals surface area contributed by atoms with Crippen molar-refractivity contribution in [1.29, 1.82) is 0 Å². The molecule has 1 aromatic carbocycles. The second kappa shape index (κ2) is 5.79. The molecule has 6 heteroatoms. The first-order valence-electron chi connectivity index (χ1n) is 6.62. The van der Waals surface area contributed by atoms with E-state index in [0.29, 0.717) is 11.2 Å². The molecule has 1 aliphatic carbocycles. The van der Waals surface area contributed by atoms with Gasteiger partial charge in [0.2, 0.25) is 0 Å².